The van der Waals surface area contributed by atoms with Crippen molar-refractivity contribution in [1.82, 2.24) is 4.90 Å². The molecule has 1 aromatic rings. The summed E-state index contributed by atoms with van der Waals surface area (Å²) in [7, 11) is 0. The Morgan fingerprint density at radius 2 is 2.10 bits per heavy atom. The molecule has 4 nitrogen and oxygen atoms in total. The van der Waals surface area contributed by atoms with Crippen LogP contribution in [0.4, 0.5) is 18.0 Å². The molecule has 7 heteroatoms. The number of amides is 1. The molecule has 0 bridgehead atoms. The lowest BCUT2D eigenvalue weighted by molar-refractivity contribution is -0.137. The van der Waals surface area contributed by atoms with E-state index in [0.29, 0.717) is 24.2 Å². The van der Waals surface area contributed by atoms with Gasteiger partial charge in [0.1, 0.15) is 0 Å². The van der Waals surface area contributed by atoms with E-state index in [1.54, 1.807) is 6.92 Å². The number of aryl methyl sites for hydroxylation is 1. The molecular weight excluding hydrogens is 275 g/mol. The Morgan fingerprint density at radius 3 is 2.60 bits per heavy atom. The summed E-state index contributed by atoms with van der Waals surface area (Å²) in [6.45, 7) is 2.38. The van der Waals surface area contributed by atoms with Gasteiger partial charge in [-0.2, -0.15) is 13.2 Å². The summed E-state index contributed by atoms with van der Waals surface area (Å²) >= 11 is 0. The first-order valence-electron chi connectivity index (χ1n) is 6.03. The summed E-state index contributed by atoms with van der Waals surface area (Å²) in [5, 5.41) is 8.65. The summed E-state index contributed by atoms with van der Waals surface area (Å²) in [5.74, 6) is 0. The van der Waals surface area contributed by atoms with Crippen molar-refractivity contribution in [1.29, 1.82) is 0 Å². The molecule has 0 atom stereocenters. The number of nitrogens with zero attached hydrogens (tertiary/aromatic N) is 1. The highest BCUT2D eigenvalue weighted by Crippen LogP contribution is 2.30. The predicted octanol–water partition coefficient (Wildman–Crippen LogP) is 2.89. The van der Waals surface area contributed by atoms with Crippen molar-refractivity contribution in [2.75, 3.05) is 13.1 Å². The number of alkyl halides is 3. The molecule has 20 heavy (non-hydrogen) atoms. The molecule has 1 aromatic carbocycles. The molecule has 1 N–H and O–H groups in total. The van der Waals surface area contributed by atoms with Gasteiger partial charge >= 0.3 is 12.3 Å². The van der Waals surface area contributed by atoms with Gasteiger partial charge < -0.3 is 14.7 Å². The van der Waals surface area contributed by atoms with Crippen LogP contribution in [-0.4, -0.2) is 35.3 Å². The Hall–Kier alpha value is -1.76. The van der Waals surface area contributed by atoms with E-state index in [0.717, 1.165) is 12.1 Å². The van der Waals surface area contributed by atoms with E-state index in [-0.39, 0.29) is 12.7 Å². The molecule has 1 fully saturated rings. The first-order chi connectivity index (χ1) is 9.27. The molecule has 1 amide bonds. The maximum absolute atomic E-state index is 12.5. The monoisotopic (exact) mass is 289 g/mol. The Bertz CT molecular complexity index is 510. The van der Waals surface area contributed by atoms with Gasteiger partial charge in [-0.15, -0.1) is 0 Å². The summed E-state index contributed by atoms with van der Waals surface area (Å²) in [6.07, 6.45) is -5.52. The number of hydrogen-bond donors (Lipinski definition) is 1. The number of benzene rings is 1. The van der Waals surface area contributed by atoms with Crippen LogP contribution < -0.4 is 0 Å². The first kappa shape index (κ1) is 14.6. The van der Waals surface area contributed by atoms with Crippen molar-refractivity contribution < 1.29 is 27.8 Å². The largest absolute Gasteiger partial charge is 0.465 e. The van der Waals surface area contributed by atoms with Crippen LogP contribution in [0.5, 0.6) is 0 Å². The average Bonchev–Trinajstić information content (AvgIpc) is 2.26. The quantitative estimate of drug-likeness (QED) is 0.930. The molecule has 2 rings (SSSR count). The zero-order valence-electron chi connectivity index (χ0n) is 10.8. The van der Waals surface area contributed by atoms with Crippen LogP contribution in [0, 0.1) is 6.92 Å². The summed E-state index contributed by atoms with van der Waals surface area (Å²) in [4.78, 5) is 11.8. The van der Waals surface area contributed by atoms with Crippen LogP contribution in [0.1, 0.15) is 16.7 Å². The first-order valence-corrected chi connectivity index (χ1v) is 6.03. The number of carbonyl (C=O) groups is 1. The van der Waals surface area contributed by atoms with E-state index in [9.17, 15) is 18.0 Å². The van der Waals surface area contributed by atoms with Gasteiger partial charge in [0.05, 0.1) is 31.4 Å². The molecule has 110 valence electrons. The second-order valence-corrected chi connectivity index (χ2v) is 4.76. The third kappa shape index (κ3) is 3.22. The fourth-order valence-electron chi connectivity index (χ4n) is 1.94. The van der Waals surface area contributed by atoms with Crippen LogP contribution in [0.2, 0.25) is 0 Å². The molecule has 1 saturated heterocycles. The topological polar surface area (TPSA) is 49.8 Å². The summed E-state index contributed by atoms with van der Waals surface area (Å²) in [5.41, 5.74) is 0.500. The number of hydrogen-bond acceptors (Lipinski definition) is 2. The van der Waals surface area contributed by atoms with Gasteiger partial charge in [-0.05, 0) is 30.2 Å². The lowest BCUT2D eigenvalue weighted by Gasteiger charge is -2.36. The van der Waals surface area contributed by atoms with E-state index in [1.165, 1.54) is 11.0 Å². The molecule has 0 unspecified atom stereocenters. The smallest absolute Gasteiger partial charge is 0.416 e. The van der Waals surface area contributed by atoms with Gasteiger partial charge in [-0.25, -0.2) is 4.79 Å². The normalized spacial score (nSPS) is 16.1. The standard InChI is InChI=1S/C13H14F3NO3/c1-8-4-10(13(14,15)16)3-2-9(8)7-20-11-5-17(6-11)12(18)19/h2-4,11H,5-7H2,1H3,(H,18,19). The lowest BCUT2D eigenvalue weighted by Crippen LogP contribution is -2.54. The fourth-order valence-corrected chi connectivity index (χ4v) is 1.94. The Labute approximate surface area is 113 Å². The molecule has 1 heterocycles. The number of carboxylic acid groups (broad SMARTS) is 1. The molecule has 0 spiro atoms. The van der Waals surface area contributed by atoms with Crippen LogP contribution >= 0.6 is 0 Å². The Balaban J connectivity index is 1.90. The minimum atomic E-state index is -4.35. The third-order valence-corrected chi connectivity index (χ3v) is 3.26. The summed E-state index contributed by atoms with van der Waals surface area (Å²) in [6, 6.07) is 3.50. The lowest BCUT2D eigenvalue weighted by atomic mass is 10.1. The van der Waals surface area contributed by atoms with Crippen molar-refractivity contribution in [3.05, 3.63) is 34.9 Å². The maximum atomic E-state index is 12.5. The molecule has 1 aliphatic heterocycles. The molecule has 0 saturated carbocycles. The predicted molar refractivity (Wildman–Crippen MR) is 64.4 cm³/mol. The van der Waals surface area contributed by atoms with Crippen LogP contribution in [0.25, 0.3) is 0 Å². The van der Waals surface area contributed by atoms with Crippen molar-refractivity contribution in [2.24, 2.45) is 0 Å². The van der Waals surface area contributed by atoms with Gasteiger partial charge in [0.2, 0.25) is 0 Å². The summed E-state index contributed by atoms with van der Waals surface area (Å²) < 4.78 is 43.0. The SMILES string of the molecule is Cc1cc(C(F)(F)F)ccc1COC1CN(C(=O)O)C1. The Morgan fingerprint density at radius 1 is 1.45 bits per heavy atom. The minimum absolute atomic E-state index is 0.183. The van der Waals surface area contributed by atoms with E-state index >= 15 is 0 Å². The number of halogens is 3. The average molecular weight is 289 g/mol. The van der Waals surface area contributed by atoms with Crippen LogP contribution in [0.3, 0.4) is 0 Å². The van der Waals surface area contributed by atoms with Crippen molar-refractivity contribution in [3.8, 4) is 0 Å². The fraction of sp³-hybridized carbons (Fsp3) is 0.462. The molecule has 1 aliphatic rings. The van der Waals surface area contributed by atoms with E-state index in [2.05, 4.69) is 0 Å². The highest BCUT2D eigenvalue weighted by molar-refractivity contribution is 5.66. The van der Waals surface area contributed by atoms with Gasteiger partial charge in [0, 0.05) is 0 Å². The number of ether oxygens (including phenoxy) is 1. The molecule has 0 radical (unpaired) electrons. The highest BCUT2D eigenvalue weighted by atomic mass is 19.4. The molecule has 0 aromatic heterocycles. The van der Waals surface area contributed by atoms with Crippen molar-refractivity contribution in [3.63, 3.8) is 0 Å². The second-order valence-electron chi connectivity index (χ2n) is 4.76. The van der Waals surface area contributed by atoms with Gasteiger partial charge in [-0.1, -0.05) is 6.07 Å². The minimum Gasteiger partial charge on any atom is -0.465 e. The van der Waals surface area contributed by atoms with Gasteiger partial charge in [0.25, 0.3) is 0 Å². The van der Waals surface area contributed by atoms with Crippen molar-refractivity contribution in [2.45, 2.75) is 25.8 Å². The third-order valence-electron chi connectivity index (χ3n) is 3.26. The maximum Gasteiger partial charge on any atom is 0.416 e. The zero-order valence-corrected chi connectivity index (χ0v) is 10.8. The number of likely N-dealkylation sites (tertiary alicyclic amines) is 1. The van der Waals surface area contributed by atoms with Crippen LogP contribution in [0.15, 0.2) is 18.2 Å². The van der Waals surface area contributed by atoms with Gasteiger partial charge in [0.15, 0.2) is 0 Å². The van der Waals surface area contributed by atoms with E-state index in [4.69, 9.17) is 9.84 Å². The molecule has 0 aliphatic carbocycles. The highest BCUT2D eigenvalue weighted by Gasteiger charge is 2.32. The second kappa shape index (κ2) is 5.32. The van der Waals surface area contributed by atoms with E-state index in [1.807, 2.05) is 0 Å². The van der Waals surface area contributed by atoms with Crippen molar-refractivity contribution >= 4 is 6.09 Å². The number of rotatable bonds is 3. The molecular formula is C13H14F3NO3. The van der Waals surface area contributed by atoms with Gasteiger partial charge in [-0.3, -0.25) is 0 Å². The zero-order chi connectivity index (χ0) is 14.9. The van der Waals surface area contributed by atoms with Crippen LogP contribution in [-0.2, 0) is 17.5 Å². The van der Waals surface area contributed by atoms with E-state index < -0.39 is 17.8 Å². The Kier molecular flexibility index (Phi) is 3.89.